The molecule has 0 aliphatic carbocycles. The molecule has 0 bridgehead atoms. The summed E-state index contributed by atoms with van der Waals surface area (Å²) in [6.07, 6.45) is 2.29. The second-order valence-corrected chi connectivity index (χ2v) is 7.65. The van der Waals surface area contributed by atoms with Gasteiger partial charge in [0.1, 0.15) is 23.3 Å². The van der Waals surface area contributed by atoms with Crippen molar-refractivity contribution < 1.29 is 13.9 Å². The van der Waals surface area contributed by atoms with Crippen molar-refractivity contribution in [2.45, 2.75) is 39.3 Å². The summed E-state index contributed by atoms with van der Waals surface area (Å²) in [4.78, 5) is 34.0. The monoisotopic (exact) mass is 409 g/mol. The summed E-state index contributed by atoms with van der Waals surface area (Å²) in [6.45, 7) is 6.81. The van der Waals surface area contributed by atoms with E-state index in [-0.39, 0.29) is 22.3 Å². The highest BCUT2D eigenvalue weighted by molar-refractivity contribution is 5.84. The van der Waals surface area contributed by atoms with Crippen LogP contribution in [0.25, 0.3) is 16.6 Å². The van der Waals surface area contributed by atoms with Crippen molar-refractivity contribution in [3.05, 3.63) is 64.2 Å². The molecule has 0 radical (unpaired) electrons. The highest BCUT2D eigenvalue weighted by Gasteiger charge is 2.24. The molecule has 8 nitrogen and oxygen atoms in total. The van der Waals surface area contributed by atoms with Gasteiger partial charge in [0.15, 0.2) is 0 Å². The predicted octanol–water partition coefficient (Wildman–Crippen LogP) is 3.38. The second-order valence-electron chi connectivity index (χ2n) is 7.65. The van der Waals surface area contributed by atoms with E-state index in [1.165, 1.54) is 10.8 Å². The van der Waals surface area contributed by atoms with E-state index in [4.69, 9.17) is 4.74 Å². The van der Waals surface area contributed by atoms with E-state index in [0.29, 0.717) is 5.69 Å². The SMILES string of the molecule is C[C@H](NC(=O)OC(C)(C)C)c1nc2c(C#N)cc(F)cc2c(=O)n1-c1cccnc1. The van der Waals surface area contributed by atoms with Gasteiger partial charge in [-0.1, -0.05) is 0 Å². The van der Waals surface area contributed by atoms with Crippen molar-refractivity contribution >= 4 is 17.0 Å². The number of nitriles is 1. The number of hydrogen-bond donors (Lipinski definition) is 1. The zero-order valence-corrected chi connectivity index (χ0v) is 16.9. The maximum Gasteiger partial charge on any atom is 0.408 e. The van der Waals surface area contributed by atoms with Crippen LogP contribution in [0.1, 0.15) is 45.1 Å². The van der Waals surface area contributed by atoms with Gasteiger partial charge in [0.05, 0.1) is 34.4 Å². The standard InChI is InChI=1S/C21H20FN5O3/c1-12(25-20(29)30-21(2,3)4)18-26-17-13(10-23)8-14(22)9-16(17)19(28)27(18)15-6-5-7-24-11-15/h5-9,11-12H,1-4H3,(H,25,29)/t12-/m0/s1. The van der Waals surface area contributed by atoms with Gasteiger partial charge >= 0.3 is 6.09 Å². The van der Waals surface area contributed by atoms with Gasteiger partial charge in [0.25, 0.3) is 5.56 Å². The normalized spacial score (nSPS) is 12.3. The minimum absolute atomic E-state index is 0.0522. The fourth-order valence-corrected chi connectivity index (χ4v) is 2.93. The molecule has 2 heterocycles. The maximum absolute atomic E-state index is 14.0. The first-order chi connectivity index (χ1) is 14.1. The number of amides is 1. The lowest BCUT2D eigenvalue weighted by atomic mass is 10.1. The zero-order valence-electron chi connectivity index (χ0n) is 16.9. The van der Waals surface area contributed by atoms with Gasteiger partial charge in [-0.2, -0.15) is 5.26 Å². The van der Waals surface area contributed by atoms with E-state index >= 15 is 0 Å². The quantitative estimate of drug-likeness (QED) is 0.710. The number of benzene rings is 1. The first-order valence-corrected chi connectivity index (χ1v) is 9.17. The summed E-state index contributed by atoms with van der Waals surface area (Å²) in [5.41, 5.74) is -0.942. The number of pyridine rings is 1. The largest absolute Gasteiger partial charge is 0.444 e. The molecule has 2 aromatic heterocycles. The van der Waals surface area contributed by atoms with Gasteiger partial charge < -0.3 is 10.1 Å². The number of carbonyl (C=O) groups excluding carboxylic acids is 1. The molecule has 0 fully saturated rings. The van der Waals surface area contributed by atoms with E-state index in [1.54, 1.807) is 46.0 Å². The molecule has 0 unspecified atom stereocenters. The minimum atomic E-state index is -0.770. The van der Waals surface area contributed by atoms with Crippen LogP contribution in [-0.4, -0.2) is 26.2 Å². The third-order valence-electron chi connectivity index (χ3n) is 4.11. The Hall–Kier alpha value is -3.80. The third-order valence-corrected chi connectivity index (χ3v) is 4.11. The highest BCUT2D eigenvalue weighted by atomic mass is 19.1. The molecule has 0 aliphatic heterocycles. The van der Waals surface area contributed by atoms with Crippen LogP contribution in [-0.2, 0) is 4.74 Å². The number of halogens is 1. The van der Waals surface area contributed by atoms with Gasteiger partial charge in [-0.15, -0.1) is 0 Å². The molecule has 30 heavy (non-hydrogen) atoms. The van der Waals surface area contributed by atoms with Crippen LogP contribution in [0.4, 0.5) is 9.18 Å². The molecule has 3 rings (SSSR count). The van der Waals surface area contributed by atoms with E-state index in [1.807, 2.05) is 6.07 Å². The Morgan fingerprint density at radius 3 is 2.70 bits per heavy atom. The number of aromatic nitrogens is 3. The van der Waals surface area contributed by atoms with Gasteiger partial charge in [-0.25, -0.2) is 14.2 Å². The van der Waals surface area contributed by atoms with Crippen molar-refractivity contribution in [1.29, 1.82) is 5.26 Å². The van der Waals surface area contributed by atoms with E-state index in [9.17, 15) is 19.2 Å². The molecule has 9 heteroatoms. The van der Waals surface area contributed by atoms with Crippen LogP contribution in [0.15, 0.2) is 41.5 Å². The second kappa shape index (κ2) is 7.91. The molecule has 0 aliphatic rings. The Balaban J connectivity index is 2.23. The molecule has 154 valence electrons. The van der Waals surface area contributed by atoms with Crippen LogP contribution in [0, 0.1) is 17.1 Å². The Kier molecular flexibility index (Phi) is 5.52. The molecule has 1 atom stereocenters. The summed E-state index contributed by atoms with van der Waals surface area (Å²) in [5, 5.41) is 12.0. The molecule has 0 spiro atoms. The average Bonchev–Trinajstić information content (AvgIpc) is 2.66. The smallest absolute Gasteiger partial charge is 0.408 e. The number of rotatable bonds is 3. The summed E-state index contributed by atoms with van der Waals surface area (Å²) >= 11 is 0. The van der Waals surface area contributed by atoms with Crippen LogP contribution < -0.4 is 10.9 Å². The van der Waals surface area contributed by atoms with Crippen LogP contribution in [0.2, 0.25) is 0 Å². The molecular weight excluding hydrogens is 389 g/mol. The fraction of sp³-hybridized carbons (Fsp3) is 0.286. The maximum atomic E-state index is 14.0. The zero-order chi connectivity index (χ0) is 22.1. The van der Waals surface area contributed by atoms with E-state index < -0.39 is 29.1 Å². The molecule has 0 saturated heterocycles. The van der Waals surface area contributed by atoms with Crippen molar-refractivity contribution in [3.63, 3.8) is 0 Å². The highest BCUT2D eigenvalue weighted by Crippen LogP contribution is 2.21. The summed E-state index contributed by atoms with van der Waals surface area (Å²) in [5.74, 6) is -0.571. The molecule has 1 aromatic carbocycles. The summed E-state index contributed by atoms with van der Waals surface area (Å²) < 4.78 is 20.5. The lowest BCUT2D eigenvalue weighted by molar-refractivity contribution is 0.0505. The number of alkyl carbamates (subject to hydrolysis) is 1. The first-order valence-electron chi connectivity index (χ1n) is 9.17. The van der Waals surface area contributed by atoms with Gasteiger partial charge in [0.2, 0.25) is 0 Å². The lowest BCUT2D eigenvalue weighted by Gasteiger charge is -2.23. The third kappa shape index (κ3) is 4.27. The van der Waals surface area contributed by atoms with Gasteiger partial charge in [-0.05, 0) is 52.0 Å². The first kappa shape index (κ1) is 20.9. The van der Waals surface area contributed by atoms with Crippen molar-refractivity contribution in [1.82, 2.24) is 19.9 Å². The molecule has 1 N–H and O–H groups in total. The van der Waals surface area contributed by atoms with Crippen molar-refractivity contribution in [2.75, 3.05) is 0 Å². The van der Waals surface area contributed by atoms with Crippen LogP contribution in [0.5, 0.6) is 0 Å². The predicted molar refractivity (Wildman–Crippen MR) is 108 cm³/mol. The molecule has 1 amide bonds. The van der Waals surface area contributed by atoms with E-state index in [2.05, 4.69) is 15.3 Å². The van der Waals surface area contributed by atoms with E-state index in [0.717, 1.165) is 12.1 Å². The number of nitrogens with one attached hydrogen (secondary N) is 1. The number of nitrogens with zero attached hydrogens (tertiary/aromatic N) is 4. The topological polar surface area (TPSA) is 110 Å². The molecule has 3 aromatic rings. The fourth-order valence-electron chi connectivity index (χ4n) is 2.93. The number of hydrogen-bond acceptors (Lipinski definition) is 6. The van der Waals surface area contributed by atoms with Crippen LogP contribution >= 0.6 is 0 Å². The van der Waals surface area contributed by atoms with Crippen LogP contribution in [0.3, 0.4) is 0 Å². The number of carbonyl (C=O) groups is 1. The van der Waals surface area contributed by atoms with Crippen molar-refractivity contribution in [2.24, 2.45) is 0 Å². The van der Waals surface area contributed by atoms with Gasteiger partial charge in [0, 0.05) is 6.20 Å². The Bertz CT molecular complexity index is 1210. The molecule has 0 saturated carbocycles. The summed E-state index contributed by atoms with van der Waals surface area (Å²) in [6, 6.07) is 6.41. The Labute approximate surface area is 172 Å². The Morgan fingerprint density at radius 1 is 1.37 bits per heavy atom. The minimum Gasteiger partial charge on any atom is -0.444 e. The van der Waals surface area contributed by atoms with Gasteiger partial charge in [-0.3, -0.25) is 14.3 Å². The lowest BCUT2D eigenvalue weighted by Crippen LogP contribution is -2.37. The number of ether oxygens (including phenoxy) is 1. The summed E-state index contributed by atoms with van der Waals surface area (Å²) in [7, 11) is 0. The average molecular weight is 409 g/mol. The van der Waals surface area contributed by atoms with Crippen molar-refractivity contribution in [3.8, 4) is 11.8 Å². The number of fused-ring (bicyclic) bond motifs is 1. The Morgan fingerprint density at radius 2 is 2.10 bits per heavy atom. The molecular formula is C21H20FN5O3.